The molecular weight excluding hydrogens is 446 g/mol. The molecule has 0 heterocycles. The van der Waals surface area contributed by atoms with Crippen molar-refractivity contribution in [2.75, 3.05) is 6.61 Å². The molecule has 190 valence electrons. The first-order valence-corrected chi connectivity index (χ1v) is 11.2. The fraction of sp³-hybridized carbons (Fsp3) is 0.583. The fourth-order valence-corrected chi connectivity index (χ4v) is 2.40. The first-order chi connectivity index (χ1) is 15.8. The third-order valence-corrected chi connectivity index (χ3v) is 4.64. The molecule has 3 atom stereocenters. The van der Waals surface area contributed by atoms with E-state index >= 15 is 0 Å². The third-order valence-electron chi connectivity index (χ3n) is 4.64. The number of benzene rings is 1. The van der Waals surface area contributed by atoms with Crippen molar-refractivity contribution < 1.29 is 42.9 Å². The zero-order chi connectivity index (χ0) is 26.0. The van der Waals surface area contributed by atoms with E-state index in [1.165, 1.54) is 12.1 Å². The molecule has 0 aliphatic rings. The van der Waals surface area contributed by atoms with Crippen molar-refractivity contribution in [2.45, 2.75) is 73.1 Å². The molecule has 0 amide bonds. The molecule has 1 unspecified atom stereocenters. The van der Waals surface area contributed by atoms with Crippen LogP contribution in [-0.2, 0) is 35.0 Å². The van der Waals surface area contributed by atoms with Crippen LogP contribution in [0.1, 0.15) is 54.0 Å². The number of hydrogen-bond acceptors (Lipinski definition) is 10. The van der Waals surface area contributed by atoms with Gasteiger partial charge in [-0.1, -0.05) is 33.8 Å². The number of hydrogen-bond donors (Lipinski definition) is 1. The van der Waals surface area contributed by atoms with E-state index in [4.69, 9.17) is 29.4 Å². The molecule has 0 aliphatic carbocycles. The van der Waals surface area contributed by atoms with Crippen molar-refractivity contribution in [3.8, 4) is 11.5 Å². The van der Waals surface area contributed by atoms with Gasteiger partial charge in [-0.15, -0.1) is 0 Å². The van der Waals surface area contributed by atoms with Crippen molar-refractivity contribution in [3.63, 3.8) is 0 Å². The number of carbonyl (C=O) groups excluding carboxylic acids is 4. The Kier molecular flexibility index (Phi) is 11.5. The zero-order valence-electron chi connectivity index (χ0n) is 20.8. The standard InChI is InChI=1S/C24H35NO9/c1-8-30-24(29)32-16(7)15(6)31-23(28)18(25)11-17-9-10-19(33-21(26)13(2)3)20(12-17)34-22(27)14(4)5/h9-10,12-16,18H,8,11,25H2,1-7H3/t15-,16?,18-/m0/s1. The topological polar surface area (TPSA) is 140 Å². The highest BCUT2D eigenvalue weighted by Crippen LogP contribution is 2.30. The van der Waals surface area contributed by atoms with Crippen molar-refractivity contribution in [1.82, 2.24) is 0 Å². The molecule has 1 rings (SSSR count). The number of carbonyl (C=O) groups is 4. The van der Waals surface area contributed by atoms with Gasteiger partial charge in [-0.25, -0.2) is 4.79 Å². The average Bonchev–Trinajstić information content (AvgIpc) is 2.75. The minimum atomic E-state index is -1.05. The smallest absolute Gasteiger partial charge is 0.458 e. The molecule has 0 saturated heterocycles. The summed E-state index contributed by atoms with van der Waals surface area (Å²) >= 11 is 0. The summed E-state index contributed by atoms with van der Waals surface area (Å²) in [4.78, 5) is 48.0. The second-order valence-corrected chi connectivity index (χ2v) is 8.39. The van der Waals surface area contributed by atoms with Crippen LogP contribution in [0.5, 0.6) is 11.5 Å². The molecular formula is C24H35NO9. The van der Waals surface area contributed by atoms with E-state index in [1.807, 2.05) is 0 Å². The van der Waals surface area contributed by atoms with E-state index in [9.17, 15) is 19.2 Å². The van der Waals surface area contributed by atoms with Crippen LogP contribution in [0.3, 0.4) is 0 Å². The van der Waals surface area contributed by atoms with Crippen molar-refractivity contribution in [3.05, 3.63) is 23.8 Å². The third kappa shape index (κ3) is 9.38. The lowest BCUT2D eigenvalue weighted by Gasteiger charge is -2.22. The van der Waals surface area contributed by atoms with Gasteiger partial charge in [-0.2, -0.15) is 0 Å². The lowest BCUT2D eigenvalue weighted by molar-refractivity contribution is -0.155. The van der Waals surface area contributed by atoms with Gasteiger partial charge in [-0.05, 0) is 44.9 Å². The molecule has 0 aliphatic heterocycles. The second-order valence-electron chi connectivity index (χ2n) is 8.39. The monoisotopic (exact) mass is 481 g/mol. The number of ether oxygens (including phenoxy) is 5. The maximum Gasteiger partial charge on any atom is 0.508 e. The van der Waals surface area contributed by atoms with Gasteiger partial charge in [0.2, 0.25) is 0 Å². The molecule has 0 fully saturated rings. The average molecular weight is 482 g/mol. The number of rotatable bonds is 11. The van der Waals surface area contributed by atoms with E-state index in [1.54, 1.807) is 54.5 Å². The molecule has 2 N–H and O–H groups in total. The molecule has 10 heteroatoms. The van der Waals surface area contributed by atoms with Crippen LogP contribution in [0.4, 0.5) is 4.79 Å². The first-order valence-electron chi connectivity index (χ1n) is 11.2. The Morgan fingerprint density at radius 2 is 1.32 bits per heavy atom. The van der Waals surface area contributed by atoms with Crippen LogP contribution in [0.15, 0.2) is 18.2 Å². The van der Waals surface area contributed by atoms with E-state index in [-0.39, 0.29) is 30.4 Å². The molecule has 0 spiro atoms. The maximum absolute atomic E-state index is 12.4. The Morgan fingerprint density at radius 3 is 1.85 bits per heavy atom. The molecule has 0 radical (unpaired) electrons. The summed E-state index contributed by atoms with van der Waals surface area (Å²) in [7, 11) is 0. The summed E-state index contributed by atoms with van der Waals surface area (Å²) in [6.45, 7) is 11.6. The SMILES string of the molecule is CCOC(=O)OC(C)[C@H](C)OC(=O)[C@@H](N)Cc1ccc(OC(=O)C(C)C)c(OC(=O)C(C)C)c1. The maximum atomic E-state index is 12.4. The highest BCUT2D eigenvalue weighted by atomic mass is 16.7. The molecule has 0 bridgehead atoms. The van der Waals surface area contributed by atoms with Gasteiger partial charge in [0, 0.05) is 0 Å². The predicted octanol–water partition coefficient (Wildman–Crippen LogP) is 3.17. The van der Waals surface area contributed by atoms with Crippen molar-refractivity contribution in [2.24, 2.45) is 17.6 Å². The van der Waals surface area contributed by atoms with Crippen LogP contribution in [0.2, 0.25) is 0 Å². The summed E-state index contributed by atoms with van der Waals surface area (Å²) < 4.78 is 25.7. The van der Waals surface area contributed by atoms with Gasteiger partial charge in [0.05, 0.1) is 18.4 Å². The number of nitrogens with two attached hydrogens (primary N) is 1. The minimum Gasteiger partial charge on any atom is -0.458 e. The second kappa shape index (κ2) is 13.5. The van der Waals surface area contributed by atoms with Crippen LogP contribution in [-0.4, -0.2) is 48.9 Å². The Labute approximate surface area is 200 Å². The van der Waals surface area contributed by atoms with E-state index in [2.05, 4.69) is 0 Å². The molecule has 10 nitrogen and oxygen atoms in total. The first kappa shape index (κ1) is 28.9. The lowest BCUT2D eigenvalue weighted by Crippen LogP contribution is -2.39. The summed E-state index contributed by atoms with van der Waals surface area (Å²) in [5.74, 6) is -2.34. The Bertz CT molecular complexity index is 866. The zero-order valence-corrected chi connectivity index (χ0v) is 20.8. The molecule has 0 saturated carbocycles. The van der Waals surface area contributed by atoms with Gasteiger partial charge in [0.15, 0.2) is 11.5 Å². The number of esters is 3. The van der Waals surface area contributed by atoms with Gasteiger partial charge in [0.1, 0.15) is 18.2 Å². The van der Waals surface area contributed by atoms with Crippen molar-refractivity contribution in [1.29, 1.82) is 0 Å². The normalized spacial score (nSPS) is 13.6. The molecule has 1 aromatic rings. The molecule has 0 aromatic heterocycles. The van der Waals surface area contributed by atoms with E-state index < -0.39 is 48.2 Å². The lowest BCUT2D eigenvalue weighted by atomic mass is 10.1. The quantitative estimate of drug-likeness (QED) is 0.370. The van der Waals surface area contributed by atoms with Gasteiger partial charge >= 0.3 is 24.1 Å². The molecule has 34 heavy (non-hydrogen) atoms. The summed E-state index contributed by atoms with van der Waals surface area (Å²) in [5.41, 5.74) is 6.56. The fourth-order valence-electron chi connectivity index (χ4n) is 2.40. The predicted molar refractivity (Wildman–Crippen MR) is 122 cm³/mol. The summed E-state index contributed by atoms with van der Waals surface area (Å²) in [5, 5.41) is 0. The van der Waals surface area contributed by atoms with E-state index in [0.717, 1.165) is 0 Å². The van der Waals surface area contributed by atoms with Crippen LogP contribution in [0, 0.1) is 11.8 Å². The highest BCUT2D eigenvalue weighted by molar-refractivity contribution is 5.78. The summed E-state index contributed by atoms with van der Waals surface area (Å²) in [6.07, 6.45) is -2.30. The van der Waals surface area contributed by atoms with Crippen LogP contribution < -0.4 is 15.2 Å². The van der Waals surface area contributed by atoms with Gasteiger partial charge < -0.3 is 29.4 Å². The van der Waals surface area contributed by atoms with Gasteiger partial charge in [-0.3, -0.25) is 14.4 Å². The highest BCUT2D eigenvalue weighted by Gasteiger charge is 2.25. The Hall–Kier alpha value is -3.14. The van der Waals surface area contributed by atoms with E-state index in [0.29, 0.717) is 5.56 Å². The summed E-state index contributed by atoms with van der Waals surface area (Å²) in [6, 6.07) is 3.54. The van der Waals surface area contributed by atoms with Gasteiger partial charge in [0.25, 0.3) is 0 Å². The molecule has 1 aromatic carbocycles. The Morgan fingerprint density at radius 1 is 0.794 bits per heavy atom. The minimum absolute atomic E-state index is 0.0515. The van der Waals surface area contributed by atoms with Crippen LogP contribution in [0.25, 0.3) is 0 Å². The Balaban J connectivity index is 2.91. The van der Waals surface area contributed by atoms with Crippen LogP contribution >= 0.6 is 0 Å². The largest absolute Gasteiger partial charge is 0.508 e. The van der Waals surface area contributed by atoms with Crippen molar-refractivity contribution >= 4 is 24.1 Å².